The fourth-order valence-electron chi connectivity index (χ4n) is 3.22. The van der Waals surface area contributed by atoms with Crippen molar-refractivity contribution in [1.29, 1.82) is 0 Å². The molecule has 5 nitrogen and oxygen atoms in total. The Morgan fingerprint density at radius 1 is 1.22 bits per heavy atom. The Balaban J connectivity index is 1.61. The molecule has 0 amide bonds. The van der Waals surface area contributed by atoms with Gasteiger partial charge in [-0.15, -0.1) is 0 Å². The zero-order chi connectivity index (χ0) is 19.1. The van der Waals surface area contributed by atoms with Crippen LogP contribution >= 0.6 is 11.6 Å². The maximum atomic E-state index is 10.2. The summed E-state index contributed by atoms with van der Waals surface area (Å²) in [4.78, 5) is 7.84. The minimum absolute atomic E-state index is 0.0471. The molecule has 0 saturated heterocycles. The van der Waals surface area contributed by atoms with Gasteiger partial charge in [-0.2, -0.15) is 0 Å². The Bertz CT molecular complexity index is 737. The highest BCUT2D eigenvalue weighted by molar-refractivity contribution is 6.30. The molecular formula is C21H25ClN2O3. The summed E-state index contributed by atoms with van der Waals surface area (Å²) in [5.74, 6) is 0. The standard InChI is InChI=1S/C21H25ClN2O3/c1-26-15-19(25)13-24(12-16-5-3-2-4-6-16)14-20-11-21(23-27-20)17-7-9-18(22)10-8-17/h2-10,19-20,25H,11-15H2,1H3/t19-,20+/m0/s1. The van der Waals surface area contributed by atoms with E-state index in [1.165, 1.54) is 5.56 Å². The zero-order valence-electron chi connectivity index (χ0n) is 15.4. The molecule has 1 aliphatic rings. The zero-order valence-corrected chi connectivity index (χ0v) is 16.2. The van der Waals surface area contributed by atoms with Crippen molar-refractivity contribution in [2.24, 2.45) is 5.16 Å². The third kappa shape index (κ3) is 6.04. The molecule has 0 radical (unpaired) electrons. The van der Waals surface area contributed by atoms with Gasteiger partial charge in [0.15, 0.2) is 0 Å². The van der Waals surface area contributed by atoms with Crippen molar-refractivity contribution in [1.82, 2.24) is 4.90 Å². The van der Waals surface area contributed by atoms with E-state index < -0.39 is 6.10 Å². The van der Waals surface area contributed by atoms with Crippen LogP contribution in [0.4, 0.5) is 0 Å². The monoisotopic (exact) mass is 388 g/mol. The molecule has 0 aliphatic carbocycles. The van der Waals surface area contributed by atoms with Gasteiger partial charge < -0.3 is 14.7 Å². The van der Waals surface area contributed by atoms with Gasteiger partial charge in [0, 0.05) is 38.2 Å². The smallest absolute Gasteiger partial charge is 0.145 e. The summed E-state index contributed by atoms with van der Waals surface area (Å²) in [5.41, 5.74) is 3.14. The number of halogens is 1. The van der Waals surface area contributed by atoms with Crippen LogP contribution in [0.15, 0.2) is 59.8 Å². The van der Waals surface area contributed by atoms with E-state index in [1.807, 2.05) is 42.5 Å². The van der Waals surface area contributed by atoms with Crippen LogP contribution in [0.5, 0.6) is 0 Å². The molecule has 3 rings (SSSR count). The van der Waals surface area contributed by atoms with E-state index in [9.17, 15) is 5.11 Å². The second-order valence-corrected chi connectivity index (χ2v) is 7.20. The molecule has 144 valence electrons. The molecule has 27 heavy (non-hydrogen) atoms. The number of benzene rings is 2. The summed E-state index contributed by atoms with van der Waals surface area (Å²) in [5, 5.41) is 15.1. The van der Waals surface area contributed by atoms with Crippen molar-refractivity contribution >= 4 is 17.3 Å². The van der Waals surface area contributed by atoms with Gasteiger partial charge in [-0.1, -0.05) is 59.2 Å². The van der Waals surface area contributed by atoms with Gasteiger partial charge in [0.2, 0.25) is 0 Å². The molecule has 1 aliphatic heterocycles. The third-order valence-electron chi connectivity index (χ3n) is 4.45. The van der Waals surface area contributed by atoms with Crippen LogP contribution in [0.3, 0.4) is 0 Å². The van der Waals surface area contributed by atoms with Gasteiger partial charge >= 0.3 is 0 Å². The van der Waals surface area contributed by atoms with Gasteiger partial charge in [0.25, 0.3) is 0 Å². The van der Waals surface area contributed by atoms with Crippen molar-refractivity contribution in [2.75, 3.05) is 26.8 Å². The van der Waals surface area contributed by atoms with E-state index in [0.717, 1.165) is 24.2 Å². The van der Waals surface area contributed by atoms with E-state index in [1.54, 1.807) is 7.11 Å². The highest BCUT2D eigenvalue weighted by atomic mass is 35.5. The first-order valence-corrected chi connectivity index (χ1v) is 9.43. The van der Waals surface area contributed by atoms with E-state index in [2.05, 4.69) is 22.2 Å². The molecule has 0 spiro atoms. The molecule has 2 aromatic rings. The van der Waals surface area contributed by atoms with Crippen molar-refractivity contribution in [3.05, 3.63) is 70.7 Å². The quantitative estimate of drug-likeness (QED) is 0.715. The molecule has 6 heteroatoms. The first kappa shape index (κ1) is 19.8. The molecule has 2 aromatic carbocycles. The molecular weight excluding hydrogens is 364 g/mol. The fourth-order valence-corrected chi connectivity index (χ4v) is 3.34. The predicted octanol–water partition coefficient (Wildman–Crippen LogP) is 3.34. The summed E-state index contributed by atoms with van der Waals surface area (Å²) >= 11 is 5.96. The Morgan fingerprint density at radius 2 is 1.96 bits per heavy atom. The Labute approximate surface area is 165 Å². The van der Waals surface area contributed by atoms with Gasteiger partial charge in [0.1, 0.15) is 6.10 Å². The number of methoxy groups -OCH3 is 1. The number of oxime groups is 1. The van der Waals surface area contributed by atoms with Crippen LogP contribution in [0.25, 0.3) is 0 Å². The lowest BCUT2D eigenvalue weighted by molar-refractivity contribution is 0.00921. The van der Waals surface area contributed by atoms with E-state index in [0.29, 0.717) is 24.7 Å². The number of rotatable bonds is 9. The van der Waals surface area contributed by atoms with Crippen LogP contribution in [-0.4, -0.2) is 54.7 Å². The fraction of sp³-hybridized carbons (Fsp3) is 0.381. The number of hydrogen-bond donors (Lipinski definition) is 1. The van der Waals surface area contributed by atoms with E-state index in [4.69, 9.17) is 21.2 Å². The third-order valence-corrected chi connectivity index (χ3v) is 4.70. The van der Waals surface area contributed by atoms with Crippen LogP contribution in [0.2, 0.25) is 5.02 Å². The van der Waals surface area contributed by atoms with Gasteiger partial charge in [0.05, 0.1) is 18.4 Å². The van der Waals surface area contributed by atoms with Gasteiger partial charge in [-0.25, -0.2) is 0 Å². The number of nitrogens with zero attached hydrogens (tertiary/aromatic N) is 2. The summed E-state index contributed by atoms with van der Waals surface area (Å²) < 4.78 is 5.07. The second-order valence-electron chi connectivity index (χ2n) is 6.77. The predicted molar refractivity (Wildman–Crippen MR) is 107 cm³/mol. The second kappa shape index (κ2) is 9.85. The SMILES string of the molecule is COC[C@@H](O)CN(Cc1ccccc1)C[C@H]1CC(c2ccc(Cl)cc2)=NO1. The van der Waals surface area contributed by atoms with Crippen LogP contribution in [0, 0.1) is 0 Å². The largest absolute Gasteiger partial charge is 0.390 e. The molecule has 1 heterocycles. The van der Waals surface area contributed by atoms with Crippen molar-refractivity contribution < 1.29 is 14.7 Å². The summed E-state index contributed by atoms with van der Waals surface area (Å²) in [7, 11) is 1.59. The van der Waals surface area contributed by atoms with E-state index in [-0.39, 0.29) is 6.10 Å². The highest BCUT2D eigenvalue weighted by Crippen LogP contribution is 2.20. The molecule has 1 N–H and O–H groups in total. The Hall–Kier alpha value is -1.92. The van der Waals surface area contributed by atoms with Gasteiger partial charge in [-0.05, 0) is 23.3 Å². The van der Waals surface area contributed by atoms with Crippen LogP contribution in [-0.2, 0) is 16.1 Å². The Kier molecular flexibility index (Phi) is 7.24. The van der Waals surface area contributed by atoms with Crippen molar-refractivity contribution in [2.45, 2.75) is 25.2 Å². The first-order chi connectivity index (χ1) is 13.1. The molecule has 0 unspecified atom stereocenters. The normalized spacial score (nSPS) is 17.6. The average Bonchev–Trinajstić information content (AvgIpc) is 3.11. The minimum atomic E-state index is -0.545. The molecule has 0 aromatic heterocycles. The number of aliphatic hydroxyl groups excluding tert-OH is 1. The number of aliphatic hydroxyl groups is 1. The lowest BCUT2D eigenvalue weighted by Gasteiger charge is -2.26. The maximum absolute atomic E-state index is 10.2. The lowest BCUT2D eigenvalue weighted by atomic mass is 10.0. The summed E-state index contributed by atoms with van der Waals surface area (Å²) in [6.07, 6.45) is 0.138. The summed E-state index contributed by atoms with van der Waals surface area (Å²) in [6.45, 7) is 2.23. The molecule has 2 atom stereocenters. The molecule has 0 fully saturated rings. The van der Waals surface area contributed by atoms with Crippen LogP contribution in [0.1, 0.15) is 17.5 Å². The summed E-state index contributed by atoms with van der Waals surface area (Å²) in [6, 6.07) is 17.8. The lowest BCUT2D eigenvalue weighted by Crippen LogP contribution is -2.39. The van der Waals surface area contributed by atoms with Crippen molar-refractivity contribution in [3.8, 4) is 0 Å². The number of hydrogen-bond acceptors (Lipinski definition) is 5. The Morgan fingerprint density at radius 3 is 2.67 bits per heavy atom. The molecule has 0 saturated carbocycles. The maximum Gasteiger partial charge on any atom is 0.145 e. The minimum Gasteiger partial charge on any atom is -0.390 e. The average molecular weight is 389 g/mol. The van der Waals surface area contributed by atoms with E-state index >= 15 is 0 Å². The highest BCUT2D eigenvalue weighted by Gasteiger charge is 2.25. The number of ether oxygens (including phenoxy) is 1. The topological polar surface area (TPSA) is 54.3 Å². The van der Waals surface area contributed by atoms with Crippen molar-refractivity contribution in [3.63, 3.8) is 0 Å². The molecule has 0 bridgehead atoms. The van der Waals surface area contributed by atoms with Crippen LogP contribution < -0.4 is 0 Å². The van der Waals surface area contributed by atoms with Gasteiger partial charge in [-0.3, -0.25) is 4.90 Å². The first-order valence-electron chi connectivity index (χ1n) is 9.06.